The molecule has 1 saturated carbocycles. The van der Waals surface area contributed by atoms with Gasteiger partial charge in [0.15, 0.2) is 0 Å². The molecular weight excluding hydrogens is 835 g/mol. The van der Waals surface area contributed by atoms with E-state index in [2.05, 4.69) is 39.8 Å². The molecule has 3 aliphatic heterocycles. The first-order valence-electron chi connectivity index (χ1n) is 22.8. The van der Waals surface area contributed by atoms with Gasteiger partial charge >= 0.3 is 12.2 Å². The fourth-order valence-corrected chi connectivity index (χ4v) is 9.79. The summed E-state index contributed by atoms with van der Waals surface area (Å²) < 4.78 is 11.0. The summed E-state index contributed by atoms with van der Waals surface area (Å²) >= 11 is 0. The van der Waals surface area contributed by atoms with Gasteiger partial charge in [-0.2, -0.15) is 0 Å². The van der Waals surface area contributed by atoms with Crippen LogP contribution in [0.2, 0.25) is 0 Å². The molecule has 348 valence electrons. The zero-order valence-electron chi connectivity index (χ0n) is 38.2. The summed E-state index contributed by atoms with van der Waals surface area (Å²) in [4.78, 5) is 82.3. The average Bonchev–Trinajstić information content (AvgIpc) is 4.04. The van der Waals surface area contributed by atoms with Gasteiger partial charge in [-0.15, -0.1) is 0 Å². The molecule has 7 rings (SSSR count). The SMILES string of the molecule is CC(C)(C)OC(=O)N1CCC[C@H]1C(=O)Nc1ccc([C@H]2CC[C@H](c3ccc(NC(=O)[C@@H]4CCCN4C(=O)OC(C)(C)C)c([N+](=O)[O-])c3)N2c2ccc(C3CCCCC3)cc2)cc1[N+](=O)[O-]. The second kappa shape index (κ2) is 19.1. The predicted molar refractivity (Wildman–Crippen MR) is 245 cm³/mol. The largest absolute Gasteiger partial charge is 0.444 e. The number of hydrogen-bond donors (Lipinski definition) is 2. The van der Waals surface area contributed by atoms with Crippen molar-refractivity contribution in [1.82, 2.24) is 9.80 Å². The van der Waals surface area contributed by atoms with E-state index < -0.39 is 69.2 Å². The van der Waals surface area contributed by atoms with Gasteiger partial charge in [-0.25, -0.2) is 9.59 Å². The lowest BCUT2D eigenvalue weighted by Gasteiger charge is -2.34. The minimum Gasteiger partial charge on any atom is -0.444 e. The van der Waals surface area contributed by atoms with Crippen LogP contribution in [0.25, 0.3) is 0 Å². The van der Waals surface area contributed by atoms with E-state index >= 15 is 0 Å². The van der Waals surface area contributed by atoms with Gasteiger partial charge in [-0.1, -0.05) is 43.5 Å². The normalized spacial score (nSPS) is 21.5. The fourth-order valence-electron chi connectivity index (χ4n) is 9.79. The maximum atomic E-state index is 13.6. The van der Waals surface area contributed by atoms with E-state index in [0.717, 1.165) is 18.5 Å². The standard InChI is InChI=1S/C48H61N7O10/c1-47(2,3)64-45(58)51-26-10-14-39(51)43(56)49-35-22-18-32(28-41(35)54(60)61)37-24-25-38(53(37)34-20-16-31(17-21-34)30-12-8-7-9-13-30)33-19-23-36(42(29-33)55(62)63)50-44(57)40-15-11-27-52(40)46(59)65-48(4,5)6/h16-23,28-30,37-40H,7-15,24-27H2,1-6H3,(H,49,56)(H,50,57)/t37-,38-,39+,40+/m1/s1. The number of hydrogen-bond acceptors (Lipinski definition) is 11. The van der Waals surface area contributed by atoms with Gasteiger partial charge in [0.1, 0.15) is 34.7 Å². The molecule has 4 atom stereocenters. The quantitative estimate of drug-likeness (QED) is 0.145. The summed E-state index contributed by atoms with van der Waals surface area (Å²) in [5, 5.41) is 30.8. The van der Waals surface area contributed by atoms with E-state index in [1.54, 1.807) is 53.7 Å². The molecule has 3 heterocycles. The van der Waals surface area contributed by atoms with E-state index in [4.69, 9.17) is 9.47 Å². The number of rotatable bonds is 10. The molecule has 4 fully saturated rings. The Morgan fingerprint density at radius 1 is 0.569 bits per heavy atom. The van der Waals surface area contributed by atoms with Crippen molar-refractivity contribution in [2.24, 2.45) is 0 Å². The Hall–Kier alpha value is -6.26. The molecule has 3 saturated heterocycles. The number of nitrogens with one attached hydrogen (secondary N) is 2. The minimum absolute atomic E-state index is 0.00204. The molecule has 0 bridgehead atoms. The summed E-state index contributed by atoms with van der Waals surface area (Å²) in [5.74, 6) is -0.635. The van der Waals surface area contributed by atoms with Crippen molar-refractivity contribution >= 4 is 52.4 Å². The van der Waals surface area contributed by atoms with Crippen molar-refractivity contribution < 1.29 is 38.5 Å². The first-order valence-corrected chi connectivity index (χ1v) is 22.8. The summed E-state index contributed by atoms with van der Waals surface area (Å²) in [6.07, 6.45) is 7.58. The number of benzene rings is 3. The van der Waals surface area contributed by atoms with E-state index in [9.17, 15) is 39.4 Å². The maximum absolute atomic E-state index is 13.6. The second-order valence-electron chi connectivity index (χ2n) is 19.7. The molecule has 4 amide bonds. The van der Waals surface area contributed by atoms with Crippen LogP contribution in [0, 0.1) is 20.2 Å². The Bertz CT molecular complexity index is 2170. The second-order valence-corrected chi connectivity index (χ2v) is 19.7. The number of amides is 4. The molecular formula is C48H61N7O10. The van der Waals surface area contributed by atoms with Gasteiger partial charge in [0.2, 0.25) is 11.8 Å². The van der Waals surface area contributed by atoms with Gasteiger partial charge in [0, 0.05) is 30.9 Å². The molecule has 0 aromatic heterocycles. The molecule has 65 heavy (non-hydrogen) atoms. The van der Waals surface area contributed by atoms with E-state index in [1.165, 1.54) is 58.9 Å². The molecule has 1 aliphatic carbocycles. The lowest BCUT2D eigenvalue weighted by Crippen LogP contribution is -2.45. The van der Waals surface area contributed by atoms with Crippen LogP contribution in [-0.2, 0) is 19.1 Å². The van der Waals surface area contributed by atoms with Gasteiger partial charge in [-0.05, 0) is 140 Å². The minimum atomic E-state index is -0.856. The molecule has 3 aromatic rings. The summed E-state index contributed by atoms with van der Waals surface area (Å²) in [7, 11) is 0. The fraction of sp³-hybridized carbons (Fsp3) is 0.542. The van der Waals surface area contributed by atoms with Crippen molar-refractivity contribution in [2.45, 2.75) is 153 Å². The zero-order valence-corrected chi connectivity index (χ0v) is 38.2. The highest BCUT2D eigenvalue weighted by molar-refractivity contribution is 5.99. The molecule has 17 nitrogen and oxygen atoms in total. The zero-order chi connectivity index (χ0) is 46.8. The lowest BCUT2D eigenvalue weighted by atomic mass is 9.84. The van der Waals surface area contributed by atoms with Crippen LogP contribution in [0.5, 0.6) is 0 Å². The lowest BCUT2D eigenvalue weighted by molar-refractivity contribution is -0.384. The van der Waals surface area contributed by atoms with Gasteiger partial charge in [0.05, 0.1) is 21.9 Å². The highest BCUT2D eigenvalue weighted by Gasteiger charge is 2.41. The van der Waals surface area contributed by atoms with Gasteiger partial charge in [-0.3, -0.25) is 39.6 Å². The van der Waals surface area contributed by atoms with Crippen LogP contribution in [0.3, 0.4) is 0 Å². The van der Waals surface area contributed by atoms with E-state index in [1.807, 2.05) is 0 Å². The number of carbonyl (C=O) groups excluding carboxylic acids is 4. The van der Waals surface area contributed by atoms with Crippen LogP contribution >= 0.6 is 0 Å². The highest BCUT2D eigenvalue weighted by Crippen LogP contribution is 2.49. The highest BCUT2D eigenvalue weighted by atomic mass is 16.6. The first-order chi connectivity index (χ1) is 30.8. The Morgan fingerprint density at radius 2 is 0.985 bits per heavy atom. The third-order valence-electron chi connectivity index (χ3n) is 12.7. The molecule has 0 radical (unpaired) electrons. The molecule has 4 aliphatic rings. The predicted octanol–water partition coefficient (Wildman–Crippen LogP) is 10.3. The third-order valence-corrected chi connectivity index (χ3v) is 12.7. The van der Waals surface area contributed by atoms with Crippen LogP contribution < -0.4 is 15.5 Å². The first kappa shape index (κ1) is 46.7. The van der Waals surface area contributed by atoms with E-state index in [-0.39, 0.29) is 22.7 Å². The van der Waals surface area contributed by atoms with Crippen LogP contribution in [0.1, 0.15) is 147 Å². The number of nitro benzene ring substituents is 2. The number of nitrogens with zero attached hydrogens (tertiary/aromatic N) is 5. The Kier molecular flexibility index (Phi) is 13.7. The number of likely N-dealkylation sites (tertiary alicyclic amines) is 2. The number of carbonyl (C=O) groups is 4. The van der Waals surface area contributed by atoms with Crippen molar-refractivity contribution in [3.8, 4) is 0 Å². The average molecular weight is 896 g/mol. The van der Waals surface area contributed by atoms with Crippen molar-refractivity contribution in [3.63, 3.8) is 0 Å². The monoisotopic (exact) mass is 895 g/mol. The van der Waals surface area contributed by atoms with Crippen LogP contribution in [0.4, 0.5) is 38.0 Å². The Balaban J connectivity index is 1.18. The number of nitro groups is 2. The Labute approximate surface area is 379 Å². The molecule has 17 heteroatoms. The summed E-state index contributed by atoms with van der Waals surface area (Å²) in [6, 6.07) is 15.3. The summed E-state index contributed by atoms with van der Waals surface area (Å²) in [5.41, 5.74) is 1.17. The van der Waals surface area contributed by atoms with Crippen molar-refractivity contribution in [2.75, 3.05) is 28.6 Å². The third kappa shape index (κ3) is 10.8. The smallest absolute Gasteiger partial charge is 0.410 e. The number of ether oxygens (including phenoxy) is 2. The maximum Gasteiger partial charge on any atom is 0.410 e. The summed E-state index contributed by atoms with van der Waals surface area (Å²) in [6.45, 7) is 11.1. The van der Waals surface area contributed by atoms with Crippen LogP contribution in [-0.4, -0.2) is 80.0 Å². The molecule has 3 aromatic carbocycles. The van der Waals surface area contributed by atoms with Gasteiger partial charge in [0.25, 0.3) is 11.4 Å². The van der Waals surface area contributed by atoms with E-state index in [0.29, 0.717) is 68.7 Å². The van der Waals surface area contributed by atoms with Crippen molar-refractivity contribution in [1.29, 1.82) is 0 Å². The number of anilines is 3. The van der Waals surface area contributed by atoms with Crippen molar-refractivity contribution in [3.05, 3.63) is 97.6 Å². The molecule has 2 N–H and O–H groups in total. The Morgan fingerprint density at radius 3 is 1.38 bits per heavy atom. The molecule has 0 unspecified atom stereocenters. The van der Waals surface area contributed by atoms with Gasteiger partial charge < -0.3 is 25.0 Å². The van der Waals surface area contributed by atoms with Crippen LogP contribution in [0.15, 0.2) is 60.7 Å². The molecule has 0 spiro atoms. The topological polar surface area (TPSA) is 207 Å².